The average Bonchev–Trinajstić information content (AvgIpc) is 2.33. The van der Waals surface area contributed by atoms with Crippen LogP contribution in [0.2, 0.25) is 0 Å². The normalized spacial score (nSPS) is 16.7. The third kappa shape index (κ3) is 2.88. The number of nitrogens with zero attached hydrogens (tertiary/aromatic N) is 1. The Kier molecular flexibility index (Phi) is 3.64. The molecule has 4 nitrogen and oxygen atoms in total. The molecule has 3 N–H and O–H groups in total. The first-order valence-electron chi connectivity index (χ1n) is 5.82. The minimum Gasteiger partial charge on any atom is -0.380 e. The van der Waals surface area contributed by atoms with Crippen LogP contribution in [0.1, 0.15) is 12.8 Å². The SMILES string of the molecule is NC(=O)N1CCC(Nc2ccc(F)cc2F)CC1. The molecule has 1 saturated heterocycles. The van der Waals surface area contributed by atoms with Gasteiger partial charge in [-0.25, -0.2) is 13.6 Å². The number of carbonyl (C=O) groups is 1. The summed E-state index contributed by atoms with van der Waals surface area (Å²) in [4.78, 5) is 12.5. The Morgan fingerprint density at radius 3 is 2.56 bits per heavy atom. The molecule has 0 unspecified atom stereocenters. The number of halogens is 2. The summed E-state index contributed by atoms with van der Waals surface area (Å²) in [6.45, 7) is 1.10. The van der Waals surface area contributed by atoms with Crippen LogP contribution in [-0.4, -0.2) is 30.1 Å². The maximum absolute atomic E-state index is 13.4. The molecular formula is C12H15F2N3O. The molecule has 98 valence electrons. The minimum atomic E-state index is -0.604. The second-order valence-electron chi connectivity index (χ2n) is 4.37. The summed E-state index contributed by atoms with van der Waals surface area (Å²) >= 11 is 0. The van der Waals surface area contributed by atoms with Crippen molar-refractivity contribution in [2.45, 2.75) is 18.9 Å². The van der Waals surface area contributed by atoms with E-state index in [-0.39, 0.29) is 11.7 Å². The number of anilines is 1. The van der Waals surface area contributed by atoms with Crippen molar-refractivity contribution in [3.05, 3.63) is 29.8 Å². The number of benzene rings is 1. The van der Waals surface area contributed by atoms with Crippen molar-refractivity contribution in [3.63, 3.8) is 0 Å². The third-order valence-electron chi connectivity index (χ3n) is 3.10. The maximum Gasteiger partial charge on any atom is 0.314 e. The summed E-state index contributed by atoms with van der Waals surface area (Å²) in [7, 11) is 0. The van der Waals surface area contributed by atoms with Gasteiger partial charge in [0.25, 0.3) is 0 Å². The van der Waals surface area contributed by atoms with Gasteiger partial charge in [0.2, 0.25) is 0 Å². The number of nitrogens with one attached hydrogen (secondary N) is 1. The first-order chi connectivity index (χ1) is 8.56. The highest BCUT2D eigenvalue weighted by Gasteiger charge is 2.21. The van der Waals surface area contributed by atoms with Crippen molar-refractivity contribution >= 4 is 11.7 Å². The van der Waals surface area contributed by atoms with E-state index in [0.717, 1.165) is 6.07 Å². The van der Waals surface area contributed by atoms with Crippen molar-refractivity contribution in [3.8, 4) is 0 Å². The lowest BCUT2D eigenvalue weighted by Gasteiger charge is -2.31. The quantitative estimate of drug-likeness (QED) is 0.848. The zero-order chi connectivity index (χ0) is 13.1. The van der Waals surface area contributed by atoms with Crippen LogP contribution < -0.4 is 11.1 Å². The Labute approximate surface area is 104 Å². The van der Waals surface area contributed by atoms with Gasteiger partial charge >= 0.3 is 6.03 Å². The minimum absolute atomic E-state index is 0.0700. The van der Waals surface area contributed by atoms with E-state index in [1.165, 1.54) is 12.1 Å². The molecule has 2 rings (SSSR count). The Morgan fingerprint density at radius 1 is 1.33 bits per heavy atom. The van der Waals surface area contributed by atoms with E-state index in [0.29, 0.717) is 25.9 Å². The lowest BCUT2D eigenvalue weighted by Crippen LogP contribution is -2.44. The zero-order valence-corrected chi connectivity index (χ0v) is 9.83. The summed E-state index contributed by atoms with van der Waals surface area (Å²) in [5, 5.41) is 3.02. The molecule has 0 radical (unpaired) electrons. The monoisotopic (exact) mass is 255 g/mol. The zero-order valence-electron chi connectivity index (χ0n) is 9.83. The smallest absolute Gasteiger partial charge is 0.314 e. The highest BCUT2D eigenvalue weighted by atomic mass is 19.1. The van der Waals surface area contributed by atoms with Crippen LogP contribution in [0.4, 0.5) is 19.3 Å². The van der Waals surface area contributed by atoms with E-state index in [4.69, 9.17) is 5.73 Å². The second-order valence-corrected chi connectivity index (χ2v) is 4.37. The van der Waals surface area contributed by atoms with Gasteiger partial charge in [0.05, 0.1) is 5.69 Å². The van der Waals surface area contributed by atoms with Crippen molar-refractivity contribution in [2.75, 3.05) is 18.4 Å². The average molecular weight is 255 g/mol. The maximum atomic E-state index is 13.4. The molecule has 1 aliphatic rings. The van der Waals surface area contributed by atoms with Crippen molar-refractivity contribution in [1.82, 2.24) is 4.90 Å². The molecule has 6 heteroatoms. The Morgan fingerprint density at radius 2 is 2.00 bits per heavy atom. The molecule has 1 aliphatic heterocycles. The van der Waals surface area contributed by atoms with Gasteiger partial charge in [-0.1, -0.05) is 0 Å². The third-order valence-corrected chi connectivity index (χ3v) is 3.10. The van der Waals surface area contributed by atoms with Gasteiger partial charge in [-0.3, -0.25) is 0 Å². The van der Waals surface area contributed by atoms with E-state index < -0.39 is 17.7 Å². The topological polar surface area (TPSA) is 58.4 Å². The van der Waals surface area contributed by atoms with Crippen molar-refractivity contribution < 1.29 is 13.6 Å². The summed E-state index contributed by atoms with van der Waals surface area (Å²) in [5.74, 6) is -1.20. The van der Waals surface area contributed by atoms with Crippen LogP contribution in [0.15, 0.2) is 18.2 Å². The number of primary amides is 1. The number of piperidine rings is 1. The van der Waals surface area contributed by atoms with E-state index in [9.17, 15) is 13.6 Å². The van der Waals surface area contributed by atoms with E-state index in [2.05, 4.69) is 5.32 Å². The molecule has 0 bridgehead atoms. The number of hydrogen-bond acceptors (Lipinski definition) is 2. The van der Waals surface area contributed by atoms with Crippen LogP contribution in [0.3, 0.4) is 0 Å². The molecule has 0 aromatic heterocycles. The molecule has 18 heavy (non-hydrogen) atoms. The molecule has 2 amide bonds. The molecule has 1 aromatic carbocycles. The predicted molar refractivity (Wildman–Crippen MR) is 64.2 cm³/mol. The number of amides is 2. The first-order valence-corrected chi connectivity index (χ1v) is 5.82. The van der Waals surface area contributed by atoms with Gasteiger partial charge in [0.15, 0.2) is 0 Å². The van der Waals surface area contributed by atoms with Gasteiger partial charge < -0.3 is 16.0 Å². The number of hydrogen-bond donors (Lipinski definition) is 2. The summed E-state index contributed by atoms with van der Waals surface area (Å²) in [6.07, 6.45) is 1.39. The fourth-order valence-corrected chi connectivity index (χ4v) is 2.07. The van der Waals surface area contributed by atoms with Gasteiger partial charge in [-0.05, 0) is 25.0 Å². The fourth-order valence-electron chi connectivity index (χ4n) is 2.07. The molecule has 0 saturated carbocycles. The standard InChI is InChI=1S/C12H15F2N3O/c13-8-1-2-11(10(14)7-8)16-9-3-5-17(6-4-9)12(15)18/h1-2,7,9,16H,3-6H2,(H2,15,18). The predicted octanol–water partition coefficient (Wildman–Crippen LogP) is 1.92. The molecule has 0 spiro atoms. The molecule has 0 atom stereocenters. The van der Waals surface area contributed by atoms with Crippen LogP contribution in [0.25, 0.3) is 0 Å². The molecule has 1 fully saturated rings. The highest BCUT2D eigenvalue weighted by molar-refractivity contribution is 5.72. The summed E-state index contributed by atoms with van der Waals surface area (Å²) in [6, 6.07) is 3.08. The Hall–Kier alpha value is -1.85. The second kappa shape index (κ2) is 5.20. The molecular weight excluding hydrogens is 240 g/mol. The van der Waals surface area contributed by atoms with Crippen molar-refractivity contribution in [2.24, 2.45) is 5.73 Å². The summed E-state index contributed by atoms with van der Waals surface area (Å²) in [5.41, 5.74) is 5.46. The molecule has 1 heterocycles. The highest BCUT2D eigenvalue weighted by Crippen LogP contribution is 2.20. The van der Waals surface area contributed by atoms with Crippen LogP contribution in [-0.2, 0) is 0 Å². The summed E-state index contributed by atoms with van der Waals surface area (Å²) < 4.78 is 26.2. The number of urea groups is 1. The first kappa shape index (κ1) is 12.6. The lowest BCUT2D eigenvalue weighted by molar-refractivity contribution is 0.193. The van der Waals surface area contributed by atoms with Gasteiger partial charge in [-0.2, -0.15) is 0 Å². The van der Waals surface area contributed by atoms with Gasteiger partial charge in [-0.15, -0.1) is 0 Å². The Balaban J connectivity index is 1.93. The Bertz CT molecular complexity index is 445. The largest absolute Gasteiger partial charge is 0.380 e. The van der Waals surface area contributed by atoms with Crippen molar-refractivity contribution in [1.29, 1.82) is 0 Å². The molecule has 0 aliphatic carbocycles. The van der Waals surface area contributed by atoms with E-state index in [1.54, 1.807) is 4.90 Å². The van der Waals surface area contributed by atoms with E-state index in [1.807, 2.05) is 0 Å². The van der Waals surface area contributed by atoms with Gasteiger partial charge in [0.1, 0.15) is 11.6 Å². The number of likely N-dealkylation sites (tertiary alicyclic amines) is 1. The van der Waals surface area contributed by atoms with Crippen LogP contribution >= 0.6 is 0 Å². The number of rotatable bonds is 2. The van der Waals surface area contributed by atoms with Gasteiger partial charge in [0, 0.05) is 25.2 Å². The lowest BCUT2D eigenvalue weighted by atomic mass is 10.0. The molecule has 1 aromatic rings. The van der Waals surface area contributed by atoms with E-state index >= 15 is 0 Å². The fraction of sp³-hybridized carbons (Fsp3) is 0.417. The van der Waals surface area contributed by atoms with Crippen LogP contribution in [0, 0.1) is 11.6 Å². The number of nitrogens with two attached hydrogens (primary N) is 1. The number of carbonyl (C=O) groups excluding carboxylic acids is 1. The van der Waals surface area contributed by atoms with Crippen LogP contribution in [0.5, 0.6) is 0 Å².